The second-order valence-electron chi connectivity index (χ2n) is 8.30. The molecule has 32 heavy (non-hydrogen) atoms. The van der Waals surface area contributed by atoms with Crippen molar-refractivity contribution in [2.24, 2.45) is 0 Å². The highest BCUT2D eigenvalue weighted by molar-refractivity contribution is 5.99. The summed E-state index contributed by atoms with van der Waals surface area (Å²) < 4.78 is 1.75. The Labute approximate surface area is 186 Å². The molecule has 166 valence electrons. The van der Waals surface area contributed by atoms with Crippen molar-refractivity contribution in [3.8, 4) is 0 Å². The number of benzene rings is 2. The number of hydrogen-bond donors (Lipinski definition) is 3. The van der Waals surface area contributed by atoms with Crippen LogP contribution in [0.25, 0.3) is 10.9 Å². The first-order valence-corrected chi connectivity index (χ1v) is 10.9. The molecule has 0 aliphatic heterocycles. The number of aromatic nitrogens is 2. The number of carbonyl (C=O) groups excluding carboxylic acids is 2. The van der Waals surface area contributed by atoms with Crippen LogP contribution in [-0.4, -0.2) is 27.5 Å². The van der Waals surface area contributed by atoms with E-state index in [-0.39, 0.29) is 36.0 Å². The van der Waals surface area contributed by atoms with Crippen molar-refractivity contribution in [2.45, 2.75) is 51.6 Å². The molecule has 0 bridgehead atoms. The zero-order valence-corrected chi connectivity index (χ0v) is 18.2. The van der Waals surface area contributed by atoms with Crippen molar-refractivity contribution in [3.05, 3.63) is 64.7 Å². The van der Waals surface area contributed by atoms with Gasteiger partial charge in [-0.3, -0.25) is 14.2 Å². The van der Waals surface area contributed by atoms with Crippen LogP contribution < -0.4 is 21.5 Å². The molecule has 0 radical (unpaired) electrons. The van der Waals surface area contributed by atoms with Crippen LogP contribution >= 0.6 is 0 Å². The topological polar surface area (TPSA) is 105 Å². The summed E-state index contributed by atoms with van der Waals surface area (Å²) in [5, 5.41) is 8.98. The van der Waals surface area contributed by atoms with Gasteiger partial charge in [-0.25, -0.2) is 9.78 Å². The number of anilines is 2. The Bertz CT molecular complexity index is 1210. The second kappa shape index (κ2) is 9.21. The van der Waals surface area contributed by atoms with E-state index in [4.69, 9.17) is 0 Å². The summed E-state index contributed by atoms with van der Waals surface area (Å²) in [4.78, 5) is 42.4. The van der Waals surface area contributed by atoms with Gasteiger partial charge in [-0.2, -0.15) is 0 Å². The fraction of sp³-hybridized carbons (Fsp3) is 0.333. The van der Waals surface area contributed by atoms with Crippen LogP contribution in [0.3, 0.4) is 0 Å². The number of nitrogens with zero attached hydrogens (tertiary/aromatic N) is 2. The fourth-order valence-electron chi connectivity index (χ4n) is 3.64. The molecule has 0 spiro atoms. The van der Waals surface area contributed by atoms with E-state index in [1.165, 1.54) is 0 Å². The van der Waals surface area contributed by atoms with E-state index in [9.17, 15) is 14.4 Å². The van der Waals surface area contributed by atoms with Crippen LogP contribution in [0.5, 0.6) is 0 Å². The lowest BCUT2D eigenvalue weighted by atomic mass is 10.2. The SMILES string of the molecule is CC(C)NC(=O)Nc1ccccc1NC(=O)CCc1nc2ccccc2c(=O)n1C1CC1. The van der Waals surface area contributed by atoms with Gasteiger partial charge >= 0.3 is 6.03 Å². The first-order chi connectivity index (χ1) is 15.4. The molecule has 3 N–H and O–H groups in total. The van der Waals surface area contributed by atoms with E-state index in [1.54, 1.807) is 34.9 Å². The lowest BCUT2D eigenvalue weighted by molar-refractivity contribution is -0.116. The van der Waals surface area contributed by atoms with Crippen LogP contribution in [0.15, 0.2) is 53.3 Å². The highest BCUT2D eigenvalue weighted by Crippen LogP contribution is 2.35. The number of fused-ring (bicyclic) bond motifs is 1. The molecule has 1 aliphatic carbocycles. The quantitative estimate of drug-likeness (QED) is 0.527. The second-order valence-corrected chi connectivity index (χ2v) is 8.30. The normalized spacial score (nSPS) is 13.2. The van der Waals surface area contributed by atoms with Crippen molar-refractivity contribution < 1.29 is 9.59 Å². The average molecular weight is 434 g/mol. The number of aryl methyl sites for hydroxylation is 1. The van der Waals surface area contributed by atoms with Gasteiger partial charge in [-0.15, -0.1) is 0 Å². The summed E-state index contributed by atoms with van der Waals surface area (Å²) in [5.41, 5.74) is 1.63. The van der Waals surface area contributed by atoms with Gasteiger partial charge < -0.3 is 16.0 Å². The lowest BCUT2D eigenvalue weighted by Crippen LogP contribution is -2.34. The number of urea groups is 1. The molecule has 1 fully saturated rings. The molecule has 4 rings (SSSR count). The molecule has 8 nitrogen and oxygen atoms in total. The summed E-state index contributed by atoms with van der Waals surface area (Å²) in [6, 6.07) is 14.2. The fourth-order valence-corrected chi connectivity index (χ4v) is 3.64. The van der Waals surface area contributed by atoms with E-state index in [1.807, 2.05) is 32.0 Å². The third-order valence-electron chi connectivity index (χ3n) is 5.24. The Balaban J connectivity index is 1.48. The molecule has 3 amide bonds. The predicted molar refractivity (Wildman–Crippen MR) is 125 cm³/mol. The third-order valence-corrected chi connectivity index (χ3v) is 5.24. The van der Waals surface area contributed by atoms with Gasteiger partial charge in [0.15, 0.2) is 0 Å². The summed E-state index contributed by atoms with van der Waals surface area (Å²) in [6.45, 7) is 3.74. The molecule has 1 saturated carbocycles. The Hall–Kier alpha value is -3.68. The minimum Gasteiger partial charge on any atom is -0.336 e. The van der Waals surface area contributed by atoms with Gasteiger partial charge in [-0.05, 0) is 51.0 Å². The van der Waals surface area contributed by atoms with E-state index in [0.29, 0.717) is 34.5 Å². The Morgan fingerprint density at radius 2 is 1.69 bits per heavy atom. The number of rotatable bonds is 7. The number of carbonyl (C=O) groups is 2. The van der Waals surface area contributed by atoms with Gasteiger partial charge in [0.25, 0.3) is 5.56 Å². The molecule has 0 unspecified atom stereocenters. The van der Waals surface area contributed by atoms with Crippen LogP contribution in [0, 0.1) is 0 Å². The van der Waals surface area contributed by atoms with Crippen molar-refractivity contribution in [1.29, 1.82) is 0 Å². The summed E-state index contributed by atoms with van der Waals surface area (Å²) >= 11 is 0. The molecule has 0 saturated heterocycles. The smallest absolute Gasteiger partial charge is 0.319 e. The summed E-state index contributed by atoms with van der Waals surface area (Å²) in [5.74, 6) is 0.419. The van der Waals surface area contributed by atoms with E-state index < -0.39 is 0 Å². The van der Waals surface area contributed by atoms with Gasteiger partial charge in [0.2, 0.25) is 5.91 Å². The van der Waals surface area contributed by atoms with Crippen LogP contribution in [0.4, 0.5) is 16.2 Å². The maximum Gasteiger partial charge on any atom is 0.319 e. The highest BCUT2D eigenvalue weighted by atomic mass is 16.2. The lowest BCUT2D eigenvalue weighted by Gasteiger charge is -2.15. The first kappa shape index (κ1) is 21.5. The van der Waals surface area contributed by atoms with Crippen molar-refractivity contribution in [3.63, 3.8) is 0 Å². The molecule has 1 aromatic heterocycles. The van der Waals surface area contributed by atoms with Gasteiger partial charge in [0.05, 0.1) is 22.3 Å². The number of para-hydroxylation sites is 3. The van der Waals surface area contributed by atoms with E-state index in [0.717, 1.165) is 12.8 Å². The largest absolute Gasteiger partial charge is 0.336 e. The third kappa shape index (κ3) is 4.96. The average Bonchev–Trinajstić information content (AvgIpc) is 3.58. The number of nitrogens with one attached hydrogen (secondary N) is 3. The monoisotopic (exact) mass is 433 g/mol. The Morgan fingerprint density at radius 1 is 1.03 bits per heavy atom. The molecule has 1 heterocycles. The summed E-state index contributed by atoms with van der Waals surface area (Å²) in [6.07, 6.45) is 2.43. The van der Waals surface area contributed by atoms with Gasteiger partial charge in [-0.1, -0.05) is 24.3 Å². The van der Waals surface area contributed by atoms with Crippen molar-refractivity contribution in [1.82, 2.24) is 14.9 Å². The molecule has 0 atom stereocenters. The molecular weight excluding hydrogens is 406 g/mol. The Kier molecular flexibility index (Phi) is 6.20. The zero-order chi connectivity index (χ0) is 22.7. The molecule has 2 aromatic carbocycles. The van der Waals surface area contributed by atoms with Gasteiger partial charge in [0, 0.05) is 24.9 Å². The zero-order valence-electron chi connectivity index (χ0n) is 18.2. The summed E-state index contributed by atoms with van der Waals surface area (Å²) in [7, 11) is 0. The predicted octanol–water partition coefficient (Wildman–Crippen LogP) is 3.83. The highest BCUT2D eigenvalue weighted by Gasteiger charge is 2.28. The first-order valence-electron chi connectivity index (χ1n) is 10.9. The number of amides is 3. The van der Waals surface area contributed by atoms with Crippen molar-refractivity contribution in [2.75, 3.05) is 10.6 Å². The minimum atomic E-state index is -0.337. The van der Waals surface area contributed by atoms with E-state index >= 15 is 0 Å². The molecular formula is C24H27N5O3. The molecule has 1 aliphatic rings. The van der Waals surface area contributed by atoms with E-state index in [2.05, 4.69) is 20.9 Å². The maximum absolute atomic E-state index is 13.0. The molecule has 8 heteroatoms. The maximum atomic E-state index is 13.0. The van der Waals surface area contributed by atoms with Crippen LogP contribution in [-0.2, 0) is 11.2 Å². The molecule has 3 aromatic rings. The van der Waals surface area contributed by atoms with Crippen LogP contribution in [0.2, 0.25) is 0 Å². The minimum absolute atomic E-state index is 0.00437. The standard InChI is InChI=1S/C24H27N5O3/c1-15(2)25-24(32)28-20-10-6-5-9-19(20)27-22(30)14-13-21-26-18-8-4-3-7-17(18)23(31)29(21)16-11-12-16/h3-10,15-16H,11-14H2,1-2H3,(H,27,30)(H2,25,28,32). The van der Waals surface area contributed by atoms with Crippen LogP contribution in [0.1, 0.15) is 45.0 Å². The van der Waals surface area contributed by atoms with Crippen molar-refractivity contribution >= 4 is 34.2 Å². The van der Waals surface area contributed by atoms with Gasteiger partial charge in [0.1, 0.15) is 5.82 Å². The Morgan fingerprint density at radius 3 is 2.38 bits per heavy atom. The number of hydrogen-bond acceptors (Lipinski definition) is 4.